The first-order valence-electron chi connectivity index (χ1n) is 9.67. The summed E-state index contributed by atoms with van der Waals surface area (Å²) in [5.41, 5.74) is 4.60. The molecule has 0 saturated heterocycles. The second kappa shape index (κ2) is 7.00. The van der Waals surface area contributed by atoms with Crippen molar-refractivity contribution in [1.82, 2.24) is 0 Å². The van der Waals surface area contributed by atoms with Crippen molar-refractivity contribution in [3.8, 4) is 0 Å². The third kappa shape index (κ3) is 3.35. The molecule has 1 amide bonds. The van der Waals surface area contributed by atoms with Crippen LogP contribution in [0.4, 0.5) is 5.69 Å². The summed E-state index contributed by atoms with van der Waals surface area (Å²) in [6.07, 6.45) is 1.57. The predicted octanol–water partition coefficient (Wildman–Crippen LogP) is 5.92. The minimum atomic E-state index is -0.155. The molecule has 2 aliphatic rings. The summed E-state index contributed by atoms with van der Waals surface area (Å²) in [6.45, 7) is 6.27. The van der Waals surface area contributed by atoms with E-state index in [1.807, 2.05) is 36.4 Å². The normalized spacial score (nSPS) is 21.7. The van der Waals surface area contributed by atoms with E-state index in [4.69, 9.17) is 0 Å². The van der Waals surface area contributed by atoms with E-state index in [2.05, 4.69) is 48.8 Å². The van der Waals surface area contributed by atoms with Crippen molar-refractivity contribution in [2.75, 3.05) is 4.90 Å². The van der Waals surface area contributed by atoms with Gasteiger partial charge in [0.1, 0.15) is 0 Å². The van der Waals surface area contributed by atoms with Gasteiger partial charge in [0.25, 0.3) is 0 Å². The first-order valence-corrected chi connectivity index (χ1v) is 10.5. The topological polar surface area (TPSA) is 37.4 Å². The summed E-state index contributed by atoms with van der Waals surface area (Å²) in [4.78, 5) is 28.4. The van der Waals surface area contributed by atoms with Gasteiger partial charge >= 0.3 is 0 Å². The van der Waals surface area contributed by atoms with E-state index in [-0.39, 0.29) is 23.0 Å². The van der Waals surface area contributed by atoms with Gasteiger partial charge in [-0.25, -0.2) is 0 Å². The van der Waals surface area contributed by atoms with Crippen molar-refractivity contribution < 1.29 is 9.59 Å². The summed E-state index contributed by atoms with van der Waals surface area (Å²) >= 11 is 3.46. The van der Waals surface area contributed by atoms with Crippen LogP contribution in [-0.2, 0) is 9.59 Å². The van der Waals surface area contributed by atoms with Crippen LogP contribution in [0, 0.1) is 12.3 Å². The van der Waals surface area contributed by atoms with Crippen molar-refractivity contribution >= 4 is 33.3 Å². The van der Waals surface area contributed by atoms with E-state index in [9.17, 15) is 9.59 Å². The first kappa shape index (κ1) is 19.1. The van der Waals surface area contributed by atoms with Gasteiger partial charge in [0, 0.05) is 40.2 Å². The van der Waals surface area contributed by atoms with Gasteiger partial charge in [-0.1, -0.05) is 54.0 Å². The minimum absolute atomic E-state index is 0.0554. The number of nitrogens with zero attached hydrogens (tertiary/aromatic N) is 1. The second-order valence-corrected chi connectivity index (χ2v) is 9.54. The quantitative estimate of drug-likeness (QED) is 0.584. The lowest BCUT2D eigenvalue weighted by molar-refractivity contribution is -0.121. The lowest BCUT2D eigenvalue weighted by Gasteiger charge is -2.43. The molecule has 4 rings (SSSR count). The number of rotatable bonds is 2. The highest BCUT2D eigenvalue weighted by Crippen LogP contribution is 2.48. The molecule has 2 aromatic rings. The average Bonchev–Trinajstić information content (AvgIpc) is 2.61. The van der Waals surface area contributed by atoms with E-state index >= 15 is 0 Å². The van der Waals surface area contributed by atoms with Crippen molar-refractivity contribution in [3.63, 3.8) is 0 Å². The van der Waals surface area contributed by atoms with E-state index in [0.717, 1.165) is 39.0 Å². The highest BCUT2D eigenvalue weighted by atomic mass is 79.9. The second-order valence-electron chi connectivity index (χ2n) is 8.62. The van der Waals surface area contributed by atoms with Gasteiger partial charge in [0.05, 0.1) is 0 Å². The highest BCUT2D eigenvalue weighted by molar-refractivity contribution is 9.10. The molecule has 0 saturated carbocycles. The molecule has 0 bridgehead atoms. The summed E-state index contributed by atoms with van der Waals surface area (Å²) in [6, 6.07) is 15.8. The van der Waals surface area contributed by atoms with Crippen molar-refractivity contribution in [1.29, 1.82) is 0 Å². The maximum Gasteiger partial charge on any atom is 0.232 e. The molecule has 1 unspecified atom stereocenters. The van der Waals surface area contributed by atoms with E-state index in [0.29, 0.717) is 12.8 Å². The number of carbonyl (C=O) groups is 2. The van der Waals surface area contributed by atoms with Gasteiger partial charge in [-0.05, 0) is 54.2 Å². The Hall–Kier alpha value is -2.20. The number of Topliss-reactive ketones (excluding diaryl/α,β-unsaturated/α-hetero) is 1. The molecule has 0 aromatic heterocycles. The lowest BCUT2D eigenvalue weighted by Crippen LogP contribution is -2.43. The molecule has 0 fully saturated rings. The Balaban J connectivity index is 1.91. The average molecular weight is 438 g/mol. The number of amides is 1. The molecule has 0 N–H and O–H groups in total. The Kier molecular flexibility index (Phi) is 4.78. The fourth-order valence-corrected chi connectivity index (χ4v) is 4.81. The number of ketones is 1. The number of allylic oxidation sites excluding steroid dienone is 2. The number of carbonyl (C=O) groups excluding carboxylic acids is 2. The van der Waals surface area contributed by atoms with Crippen LogP contribution in [0.1, 0.15) is 50.2 Å². The van der Waals surface area contributed by atoms with Crippen molar-refractivity contribution in [3.05, 3.63) is 75.4 Å². The van der Waals surface area contributed by atoms with Crippen molar-refractivity contribution in [2.24, 2.45) is 5.41 Å². The molecule has 1 atom stereocenters. The third-order valence-electron chi connectivity index (χ3n) is 5.79. The number of anilines is 1. The van der Waals surface area contributed by atoms with Crippen LogP contribution >= 0.6 is 15.9 Å². The van der Waals surface area contributed by atoms with Crippen LogP contribution in [-0.4, -0.2) is 11.7 Å². The zero-order chi connectivity index (χ0) is 20.1. The van der Waals surface area contributed by atoms with Gasteiger partial charge in [0.2, 0.25) is 5.91 Å². The number of halogens is 1. The fourth-order valence-electron chi connectivity index (χ4n) is 4.55. The molecule has 1 heterocycles. The zero-order valence-corrected chi connectivity index (χ0v) is 18.0. The van der Waals surface area contributed by atoms with Gasteiger partial charge < -0.3 is 0 Å². The molecular weight excluding hydrogens is 414 g/mol. The molecular formula is C24H24BrNO2. The van der Waals surface area contributed by atoms with Gasteiger partial charge in [-0.2, -0.15) is 0 Å². The van der Waals surface area contributed by atoms with Crippen LogP contribution in [0.2, 0.25) is 0 Å². The lowest BCUT2D eigenvalue weighted by atomic mass is 9.69. The van der Waals surface area contributed by atoms with E-state index in [1.54, 1.807) is 4.90 Å². The molecule has 2 aromatic carbocycles. The molecule has 144 valence electrons. The number of aryl methyl sites for hydroxylation is 1. The Morgan fingerprint density at radius 2 is 1.68 bits per heavy atom. The Morgan fingerprint density at radius 1 is 1.00 bits per heavy atom. The molecule has 1 aliphatic carbocycles. The maximum atomic E-state index is 13.3. The molecule has 28 heavy (non-hydrogen) atoms. The zero-order valence-electron chi connectivity index (χ0n) is 16.5. The predicted molar refractivity (Wildman–Crippen MR) is 115 cm³/mol. The van der Waals surface area contributed by atoms with Gasteiger partial charge in [0.15, 0.2) is 5.78 Å². The monoisotopic (exact) mass is 437 g/mol. The molecule has 0 spiro atoms. The van der Waals surface area contributed by atoms with Crippen LogP contribution < -0.4 is 4.90 Å². The molecule has 1 aliphatic heterocycles. The number of benzene rings is 2. The smallest absolute Gasteiger partial charge is 0.232 e. The standard InChI is InChI=1S/C24H24BrNO2/c1-15-6-4-5-7-18(15)19-12-22(28)26(17-10-8-16(25)9-11-17)20-13-24(2,3)14-21(27)23(19)20/h4-11,19H,12-14H2,1-3H3. The summed E-state index contributed by atoms with van der Waals surface area (Å²) in [5, 5.41) is 0. The van der Waals surface area contributed by atoms with Crippen LogP contribution in [0.25, 0.3) is 0 Å². The summed E-state index contributed by atoms with van der Waals surface area (Å²) in [7, 11) is 0. The van der Waals surface area contributed by atoms with E-state index in [1.165, 1.54) is 0 Å². The Labute approximate surface area is 174 Å². The van der Waals surface area contributed by atoms with E-state index < -0.39 is 0 Å². The highest BCUT2D eigenvalue weighted by Gasteiger charge is 2.44. The van der Waals surface area contributed by atoms with Gasteiger partial charge in [-0.3, -0.25) is 14.5 Å². The Morgan fingerprint density at radius 3 is 2.36 bits per heavy atom. The molecule has 4 heteroatoms. The first-order chi connectivity index (χ1) is 13.3. The van der Waals surface area contributed by atoms with Crippen molar-refractivity contribution in [2.45, 2.75) is 46.0 Å². The minimum Gasteiger partial charge on any atom is -0.294 e. The molecule has 3 nitrogen and oxygen atoms in total. The Bertz CT molecular complexity index is 988. The summed E-state index contributed by atoms with van der Waals surface area (Å²) in [5.74, 6) is 0.0768. The summed E-state index contributed by atoms with van der Waals surface area (Å²) < 4.78 is 0.966. The van der Waals surface area contributed by atoms with Gasteiger partial charge in [-0.15, -0.1) is 0 Å². The maximum absolute atomic E-state index is 13.3. The largest absolute Gasteiger partial charge is 0.294 e. The molecule has 0 radical (unpaired) electrons. The fraction of sp³-hybridized carbons (Fsp3) is 0.333. The SMILES string of the molecule is Cc1ccccc1C1CC(=O)N(c2ccc(Br)cc2)C2=C1C(=O)CC(C)(C)C2. The van der Waals surface area contributed by atoms with Crippen LogP contribution in [0.3, 0.4) is 0 Å². The number of hydrogen-bond acceptors (Lipinski definition) is 2. The number of hydrogen-bond donors (Lipinski definition) is 0. The van der Waals surface area contributed by atoms with Crippen LogP contribution in [0.15, 0.2) is 64.3 Å². The van der Waals surface area contributed by atoms with Crippen LogP contribution in [0.5, 0.6) is 0 Å². The third-order valence-corrected chi connectivity index (χ3v) is 6.32.